The Morgan fingerprint density at radius 2 is 1.77 bits per heavy atom. The third-order valence-electron chi connectivity index (χ3n) is 4.85. The number of ether oxygens (including phenoxy) is 2. The fourth-order valence-electron chi connectivity index (χ4n) is 3.40. The fraction of sp³-hybridized carbons (Fsp3) is 0.400. The third-order valence-corrected chi connectivity index (χ3v) is 6.27. The van der Waals surface area contributed by atoms with Crippen LogP contribution in [0.3, 0.4) is 0 Å². The second-order valence-corrected chi connectivity index (χ2v) is 8.45. The van der Waals surface area contributed by atoms with E-state index in [9.17, 15) is 8.42 Å². The van der Waals surface area contributed by atoms with Gasteiger partial charge in [-0.25, -0.2) is 13.1 Å². The Morgan fingerprint density at radius 3 is 2.35 bits per heavy atom. The zero-order chi connectivity index (χ0) is 18.8. The maximum absolute atomic E-state index is 12.9. The molecule has 140 valence electrons. The number of hydrogen-bond donors (Lipinski definition) is 1. The number of benzene rings is 2. The number of nitrogens with one attached hydrogen (secondary N) is 1. The van der Waals surface area contributed by atoms with Gasteiger partial charge in [-0.3, -0.25) is 0 Å². The Morgan fingerprint density at radius 1 is 1.12 bits per heavy atom. The molecule has 1 aliphatic carbocycles. The topological polar surface area (TPSA) is 64.6 Å². The quantitative estimate of drug-likeness (QED) is 0.808. The number of methoxy groups -OCH3 is 1. The summed E-state index contributed by atoms with van der Waals surface area (Å²) in [6.45, 7) is 4.31. The number of fused-ring (bicyclic) bond motifs is 1. The van der Waals surface area contributed by atoms with E-state index < -0.39 is 15.6 Å². The van der Waals surface area contributed by atoms with Crippen molar-refractivity contribution in [2.75, 3.05) is 20.3 Å². The second-order valence-electron chi connectivity index (χ2n) is 6.72. The molecule has 0 aromatic heterocycles. The van der Waals surface area contributed by atoms with Crippen LogP contribution in [0.15, 0.2) is 47.4 Å². The largest absolute Gasteiger partial charge is 0.492 e. The minimum Gasteiger partial charge on any atom is -0.492 e. The van der Waals surface area contributed by atoms with E-state index in [0.29, 0.717) is 25.2 Å². The van der Waals surface area contributed by atoms with Crippen LogP contribution in [0.4, 0.5) is 0 Å². The highest BCUT2D eigenvalue weighted by atomic mass is 32.2. The molecule has 0 saturated carbocycles. The van der Waals surface area contributed by atoms with Crippen molar-refractivity contribution in [1.29, 1.82) is 0 Å². The maximum Gasteiger partial charge on any atom is 0.244 e. The van der Waals surface area contributed by atoms with E-state index in [1.54, 1.807) is 19.2 Å². The Kier molecular flexibility index (Phi) is 5.37. The molecule has 2 aromatic carbocycles. The summed E-state index contributed by atoms with van der Waals surface area (Å²) >= 11 is 0. The average molecular weight is 375 g/mol. The van der Waals surface area contributed by atoms with Gasteiger partial charge in [0.05, 0.1) is 12.2 Å². The van der Waals surface area contributed by atoms with E-state index in [4.69, 9.17) is 9.47 Å². The van der Waals surface area contributed by atoms with Gasteiger partial charge in [0.15, 0.2) is 0 Å². The van der Waals surface area contributed by atoms with Crippen LogP contribution in [0.2, 0.25) is 0 Å². The monoisotopic (exact) mass is 375 g/mol. The van der Waals surface area contributed by atoms with Crippen LogP contribution in [-0.4, -0.2) is 34.3 Å². The maximum atomic E-state index is 12.9. The Hall–Kier alpha value is -1.89. The first kappa shape index (κ1) is 18.9. The highest BCUT2D eigenvalue weighted by molar-refractivity contribution is 7.89. The molecule has 0 atom stereocenters. The Bertz CT molecular complexity index is 867. The first-order chi connectivity index (χ1) is 12.4. The van der Waals surface area contributed by atoms with Crippen molar-refractivity contribution >= 4 is 10.0 Å². The smallest absolute Gasteiger partial charge is 0.244 e. The SMILES string of the molecule is CCOc1ccc(C)cc1S(=O)(=O)NCC1(OC)Cc2ccccc2C1. The van der Waals surface area contributed by atoms with Crippen LogP contribution in [-0.2, 0) is 27.6 Å². The molecule has 0 fully saturated rings. The van der Waals surface area contributed by atoms with Gasteiger partial charge in [-0.15, -0.1) is 0 Å². The highest BCUT2D eigenvalue weighted by Crippen LogP contribution is 2.33. The van der Waals surface area contributed by atoms with Crippen molar-refractivity contribution in [2.24, 2.45) is 0 Å². The van der Waals surface area contributed by atoms with E-state index in [-0.39, 0.29) is 11.4 Å². The molecule has 6 heteroatoms. The number of hydrogen-bond acceptors (Lipinski definition) is 4. The van der Waals surface area contributed by atoms with Crippen molar-refractivity contribution in [3.8, 4) is 5.75 Å². The van der Waals surface area contributed by atoms with E-state index in [2.05, 4.69) is 16.9 Å². The molecule has 0 spiro atoms. The van der Waals surface area contributed by atoms with E-state index >= 15 is 0 Å². The van der Waals surface area contributed by atoms with Gasteiger partial charge in [0, 0.05) is 26.5 Å². The molecule has 1 aliphatic rings. The zero-order valence-corrected chi connectivity index (χ0v) is 16.2. The molecule has 0 amide bonds. The van der Waals surface area contributed by atoms with Crippen LogP contribution in [0, 0.1) is 6.92 Å². The number of aryl methyl sites for hydroxylation is 1. The molecule has 26 heavy (non-hydrogen) atoms. The van der Waals surface area contributed by atoms with Crippen molar-refractivity contribution in [3.63, 3.8) is 0 Å². The van der Waals surface area contributed by atoms with E-state index in [1.807, 2.05) is 32.0 Å². The molecular weight excluding hydrogens is 350 g/mol. The summed E-state index contributed by atoms with van der Waals surface area (Å²) in [5.74, 6) is 0.367. The van der Waals surface area contributed by atoms with Crippen LogP contribution in [0.1, 0.15) is 23.6 Å². The number of rotatable bonds is 7. The van der Waals surface area contributed by atoms with Gasteiger partial charge >= 0.3 is 0 Å². The summed E-state index contributed by atoms with van der Waals surface area (Å²) in [6.07, 6.45) is 1.38. The van der Waals surface area contributed by atoms with Gasteiger partial charge in [-0.2, -0.15) is 0 Å². The van der Waals surface area contributed by atoms with Gasteiger partial charge in [0.1, 0.15) is 10.6 Å². The minimum atomic E-state index is -3.71. The molecule has 0 bridgehead atoms. The minimum absolute atomic E-state index is 0.168. The second kappa shape index (κ2) is 7.39. The number of sulfonamides is 1. The first-order valence-electron chi connectivity index (χ1n) is 8.74. The molecular formula is C20H25NO4S. The van der Waals surface area contributed by atoms with Gasteiger partial charge in [-0.05, 0) is 42.7 Å². The predicted octanol–water partition coefficient (Wildman–Crippen LogP) is 2.86. The van der Waals surface area contributed by atoms with Crippen LogP contribution in [0.25, 0.3) is 0 Å². The highest BCUT2D eigenvalue weighted by Gasteiger charge is 2.38. The van der Waals surface area contributed by atoms with Gasteiger partial charge in [0.25, 0.3) is 0 Å². The third kappa shape index (κ3) is 3.77. The summed E-state index contributed by atoms with van der Waals surface area (Å²) in [4.78, 5) is 0.168. The Labute approximate surface area is 155 Å². The van der Waals surface area contributed by atoms with Crippen LogP contribution >= 0.6 is 0 Å². The Balaban J connectivity index is 1.82. The molecule has 0 radical (unpaired) electrons. The lowest BCUT2D eigenvalue weighted by molar-refractivity contribution is 0.00377. The molecule has 0 unspecified atom stereocenters. The predicted molar refractivity (Wildman–Crippen MR) is 101 cm³/mol. The molecule has 0 aliphatic heterocycles. The first-order valence-corrected chi connectivity index (χ1v) is 10.2. The molecule has 2 aromatic rings. The lowest BCUT2D eigenvalue weighted by Gasteiger charge is -2.28. The van der Waals surface area contributed by atoms with Crippen LogP contribution < -0.4 is 9.46 Å². The molecule has 1 N–H and O–H groups in total. The summed E-state index contributed by atoms with van der Waals surface area (Å²) in [5, 5.41) is 0. The summed E-state index contributed by atoms with van der Waals surface area (Å²) in [7, 11) is -2.08. The lowest BCUT2D eigenvalue weighted by atomic mass is 10.0. The average Bonchev–Trinajstić information content (AvgIpc) is 3.01. The standard InChI is InChI=1S/C20H25NO4S/c1-4-25-18-10-9-15(2)11-19(18)26(22,23)21-14-20(24-3)12-16-7-5-6-8-17(16)13-20/h5-11,21H,4,12-14H2,1-3H3. The van der Waals surface area contributed by atoms with E-state index in [1.165, 1.54) is 11.1 Å². The zero-order valence-electron chi connectivity index (χ0n) is 15.4. The lowest BCUT2D eigenvalue weighted by Crippen LogP contribution is -2.45. The molecule has 0 saturated heterocycles. The normalized spacial score (nSPS) is 15.7. The summed E-state index contributed by atoms with van der Waals surface area (Å²) < 4.78 is 39.8. The van der Waals surface area contributed by atoms with Gasteiger partial charge in [-0.1, -0.05) is 30.3 Å². The summed E-state index contributed by atoms with van der Waals surface area (Å²) in [6, 6.07) is 13.3. The summed E-state index contributed by atoms with van der Waals surface area (Å²) in [5.41, 5.74) is 2.72. The van der Waals surface area contributed by atoms with Crippen LogP contribution in [0.5, 0.6) is 5.75 Å². The van der Waals surface area contributed by atoms with Crippen molar-refractivity contribution in [3.05, 3.63) is 59.2 Å². The molecule has 3 rings (SSSR count). The van der Waals surface area contributed by atoms with Crippen molar-refractivity contribution < 1.29 is 17.9 Å². The van der Waals surface area contributed by atoms with Crippen molar-refractivity contribution in [1.82, 2.24) is 4.72 Å². The van der Waals surface area contributed by atoms with E-state index in [0.717, 1.165) is 5.56 Å². The van der Waals surface area contributed by atoms with Gasteiger partial charge in [0.2, 0.25) is 10.0 Å². The molecule has 5 nitrogen and oxygen atoms in total. The van der Waals surface area contributed by atoms with Gasteiger partial charge < -0.3 is 9.47 Å². The van der Waals surface area contributed by atoms with Crippen molar-refractivity contribution in [2.45, 2.75) is 37.2 Å². The fourth-order valence-corrected chi connectivity index (χ4v) is 4.75. The molecule has 0 heterocycles.